The van der Waals surface area contributed by atoms with Crippen LogP contribution in [0.4, 0.5) is 0 Å². The van der Waals surface area contributed by atoms with Gasteiger partial charge >= 0.3 is 0 Å². The number of carbonyl (C=O) groups is 1. The molecule has 0 radical (unpaired) electrons. The Labute approximate surface area is 173 Å². The average molecular weight is 419 g/mol. The molecule has 1 N–H and O–H groups in total. The quantitative estimate of drug-likeness (QED) is 0.420. The number of aromatic nitrogens is 2. The van der Waals surface area contributed by atoms with Gasteiger partial charge in [-0.2, -0.15) is 5.26 Å². The molecule has 0 aliphatic rings. The minimum Gasteiger partial charge on any atom is -0.337 e. The molecular weight excluding hydrogens is 396 g/mol. The van der Waals surface area contributed by atoms with E-state index in [0.29, 0.717) is 21.1 Å². The highest BCUT2D eigenvalue weighted by Crippen LogP contribution is 2.25. The van der Waals surface area contributed by atoms with Gasteiger partial charge in [-0.05, 0) is 38.0 Å². The predicted molar refractivity (Wildman–Crippen MR) is 114 cm³/mol. The molecule has 0 aliphatic heterocycles. The van der Waals surface area contributed by atoms with E-state index in [4.69, 9.17) is 11.6 Å². The normalized spacial score (nSPS) is 14.3. The monoisotopic (exact) mass is 418 g/mol. The van der Waals surface area contributed by atoms with E-state index in [1.807, 2.05) is 13.8 Å². The van der Waals surface area contributed by atoms with Crippen molar-refractivity contribution in [3.63, 3.8) is 0 Å². The van der Waals surface area contributed by atoms with Crippen molar-refractivity contribution in [1.82, 2.24) is 14.9 Å². The fraction of sp³-hybridized carbons (Fsp3) is 0.400. The van der Waals surface area contributed by atoms with E-state index in [1.165, 1.54) is 4.57 Å². The molecule has 6 nitrogen and oxygen atoms in total. The van der Waals surface area contributed by atoms with Gasteiger partial charge in [-0.15, -0.1) is 6.58 Å². The van der Waals surface area contributed by atoms with Crippen molar-refractivity contribution in [2.45, 2.75) is 50.2 Å². The summed E-state index contributed by atoms with van der Waals surface area (Å²) in [7, 11) is 0. The first-order valence-corrected chi connectivity index (χ1v) is 10.1. The molecule has 0 saturated carbocycles. The Hall–Kier alpha value is -2.30. The molecule has 148 valence electrons. The largest absolute Gasteiger partial charge is 0.337 e. The lowest BCUT2D eigenvalue weighted by atomic mass is 9.90. The number of benzene rings is 1. The maximum atomic E-state index is 12.9. The molecule has 0 spiro atoms. The number of thioether (sulfide) groups is 1. The Morgan fingerprint density at radius 1 is 1.50 bits per heavy atom. The zero-order chi connectivity index (χ0) is 21.1. The fourth-order valence-corrected chi connectivity index (χ4v) is 3.51. The molecule has 1 aromatic heterocycles. The van der Waals surface area contributed by atoms with Gasteiger partial charge in [0.2, 0.25) is 5.91 Å². The number of amides is 1. The Bertz CT molecular complexity index is 1010. The van der Waals surface area contributed by atoms with Crippen molar-refractivity contribution < 1.29 is 4.79 Å². The van der Waals surface area contributed by atoms with Crippen molar-refractivity contribution in [3.05, 3.63) is 46.2 Å². The van der Waals surface area contributed by atoms with E-state index in [-0.39, 0.29) is 23.9 Å². The average Bonchev–Trinajstić information content (AvgIpc) is 2.65. The number of halogens is 1. The van der Waals surface area contributed by atoms with Crippen LogP contribution in [0.2, 0.25) is 5.02 Å². The summed E-state index contributed by atoms with van der Waals surface area (Å²) in [4.78, 5) is 30.1. The second-order valence-corrected chi connectivity index (χ2v) is 8.72. The molecule has 1 heterocycles. The van der Waals surface area contributed by atoms with E-state index in [1.54, 1.807) is 38.1 Å². The Kier molecular flexibility index (Phi) is 6.91. The minimum atomic E-state index is -0.972. The van der Waals surface area contributed by atoms with Gasteiger partial charge in [-0.3, -0.25) is 14.2 Å². The van der Waals surface area contributed by atoms with Crippen molar-refractivity contribution in [2.75, 3.05) is 0 Å². The molecule has 2 atom stereocenters. The van der Waals surface area contributed by atoms with Crippen molar-refractivity contribution in [2.24, 2.45) is 5.92 Å². The van der Waals surface area contributed by atoms with E-state index >= 15 is 0 Å². The van der Waals surface area contributed by atoms with Crippen LogP contribution in [0.1, 0.15) is 27.7 Å². The van der Waals surface area contributed by atoms with Crippen LogP contribution in [0.25, 0.3) is 10.9 Å². The number of hydrogen-bond acceptors (Lipinski definition) is 5. The summed E-state index contributed by atoms with van der Waals surface area (Å²) in [5.74, 6) is -0.348. The van der Waals surface area contributed by atoms with Crippen LogP contribution in [0, 0.1) is 17.2 Å². The fourth-order valence-electron chi connectivity index (χ4n) is 2.42. The van der Waals surface area contributed by atoms with Crippen molar-refractivity contribution >= 4 is 40.2 Å². The number of hydrogen-bond donors (Lipinski definition) is 1. The standard InChI is InChI=1S/C20H23ClN4O2S/c1-6-9-25-18(27)15-10-14(21)7-8-16(15)23-19(25)28-13(4)17(26)24-20(5,11-22)12(2)3/h6-8,10,12-13H,1,9H2,2-5H3,(H,24,26)/t13-,20+/m1/s1. The summed E-state index contributed by atoms with van der Waals surface area (Å²) < 4.78 is 1.46. The summed E-state index contributed by atoms with van der Waals surface area (Å²) in [5, 5.41) is 12.9. The van der Waals surface area contributed by atoms with Crippen molar-refractivity contribution in [3.8, 4) is 6.07 Å². The van der Waals surface area contributed by atoms with Crippen LogP contribution in [-0.4, -0.2) is 26.2 Å². The first-order valence-electron chi connectivity index (χ1n) is 8.84. The molecular formula is C20H23ClN4O2S. The van der Waals surface area contributed by atoms with E-state index in [9.17, 15) is 14.9 Å². The summed E-state index contributed by atoms with van der Waals surface area (Å²) in [5.41, 5.74) is -0.708. The second kappa shape index (κ2) is 8.80. The van der Waals surface area contributed by atoms with Gasteiger partial charge in [0.1, 0.15) is 5.54 Å². The van der Waals surface area contributed by atoms with Gasteiger partial charge in [-0.1, -0.05) is 43.3 Å². The lowest BCUT2D eigenvalue weighted by Gasteiger charge is -2.28. The number of rotatable bonds is 7. The number of fused-ring (bicyclic) bond motifs is 1. The highest BCUT2D eigenvalue weighted by atomic mass is 35.5. The SMILES string of the molecule is C=CCn1c(S[C@H](C)C(=O)N[C@@](C)(C#N)C(C)C)nc2ccc(Cl)cc2c1=O. The number of nitriles is 1. The lowest BCUT2D eigenvalue weighted by Crippen LogP contribution is -2.51. The number of allylic oxidation sites excluding steroid dienone is 1. The molecule has 0 fully saturated rings. The van der Waals surface area contributed by atoms with E-state index < -0.39 is 10.8 Å². The molecule has 0 saturated heterocycles. The Morgan fingerprint density at radius 2 is 2.18 bits per heavy atom. The second-order valence-electron chi connectivity index (χ2n) is 6.98. The minimum absolute atomic E-state index is 0.0545. The molecule has 2 aromatic rings. The molecule has 1 aromatic carbocycles. The summed E-state index contributed by atoms with van der Waals surface area (Å²) in [6.45, 7) is 11.1. The first kappa shape index (κ1) is 22.0. The molecule has 1 amide bonds. The highest BCUT2D eigenvalue weighted by Gasteiger charge is 2.32. The van der Waals surface area contributed by atoms with Gasteiger partial charge in [0, 0.05) is 11.6 Å². The highest BCUT2D eigenvalue weighted by molar-refractivity contribution is 8.00. The number of nitrogens with one attached hydrogen (secondary N) is 1. The third kappa shape index (κ3) is 4.57. The maximum absolute atomic E-state index is 12.9. The topological polar surface area (TPSA) is 87.8 Å². The van der Waals surface area contributed by atoms with Gasteiger partial charge in [-0.25, -0.2) is 4.98 Å². The maximum Gasteiger partial charge on any atom is 0.262 e. The smallest absolute Gasteiger partial charge is 0.262 e. The third-order valence-corrected chi connectivity index (χ3v) is 5.94. The number of carbonyl (C=O) groups excluding carboxylic acids is 1. The van der Waals surface area contributed by atoms with E-state index in [2.05, 4.69) is 22.9 Å². The zero-order valence-corrected chi connectivity index (χ0v) is 17.9. The summed E-state index contributed by atoms with van der Waals surface area (Å²) >= 11 is 7.17. The predicted octanol–water partition coefficient (Wildman–Crippen LogP) is 3.77. The molecule has 0 bridgehead atoms. The Morgan fingerprint density at radius 3 is 2.75 bits per heavy atom. The Balaban J connectivity index is 2.39. The van der Waals surface area contributed by atoms with Crippen LogP contribution in [0.3, 0.4) is 0 Å². The van der Waals surface area contributed by atoms with Crippen LogP contribution in [-0.2, 0) is 11.3 Å². The first-order chi connectivity index (χ1) is 13.1. The summed E-state index contributed by atoms with van der Waals surface area (Å²) in [6, 6.07) is 7.09. The summed E-state index contributed by atoms with van der Waals surface area (Å²) in [6.07, 6.45) is 1.60. The third-order valence-electron chi connectivity index (χ3n) is 4.61. The van der Waals surface area contributed by atoms with Crippen LogP contribution >= 0.6 is 23.4 Å². The van der Waals surface area contributed by atoms with Crippen LogP contribution in [0.15, 0.2) is 40.8 Å². The molecule has 0 unspecified atom stereocenters. The van der Waals surface area contributed by atoms with E-state index in [0.717, 1.165) is 11.8 Å². The van der Waals surface area contributed by atoms with Gasteiger partial charge in [0.15, 0.2) is 5.16 Å². The zero-order valence-electron chi connectivity index (χ0n) is 16.3. The molecule has 2 rings (SSSR count). The van der Waals surface area contributed by atoms with Crippen LogP contribution in [0.5, 0.6) is 0 Å². The molecule has 28 heavy (non-hydrogen) atoms. The van der Waals surface area contributed by atoms with Crippen molar-refractivity contribution in [1.29, 1.82) is 5.26 Å². The van der Waals surface area contributed by atoms with Gasteiger partial charge in [0.25, 0.3) is 5.56 Å². The van der Waals surface area contributed by atoms with Gasteiger partial charge < -0.3 is 5.32 Å². The molecule has 8 heteroatoms. The number of nitrogens with zero attached hydrogens (tertiary/aromatic N) is 3. The van der Waals surface area contributed by atoms with Gasteiger partial charge in [0.05, 0.1) is 22.2 Å². The molecule has 0 aliphatic carbocycles. The van der Waals surface area contributed by atoms with Crippen LogP contribution < -0.4 is 10.9 Å². The lowest BCUT2D eigenvalue weighted by molar-refractivity contribution is -0.121.